The first-order valence-corrected chi connectivity index (χ1v) is 13.9. The molecule has 0 aromatic heterocycles. The van der Waals surface area contributed by atoms with Crippen LogP contribution in [0.4, 0.5) is 0 Å². The number of benzene rings is 3. The van der Waals surface area contributed by atoms with Crippen molar-refractivity contribution in [2.24, 2.45) is 0 Å². The Balaban J connectivity index is 1.59. The highest BCUT2D eigenvalue weighted by Gasteiger charge is 2.09. The molecule has 0 saturated carbocycles. The fraction of sp³-hybridized carbons (Fsp3) is 0.382. The molecule has 202 valence electrons. The lowest BCUT2D eigenvalue weighted by molar-refractivity contribution is -0.139. The molecule has 0 aliphatic rings. The van der Waals surface area contributed by atoms with Gasteiger partial charge in [0.05, 0.1) is 0 Å². The highest BCUT2D eigenvalue weighted by atomic mass is 16.6. The summed E-state index contributed by atoms with van der Waals surface area (Å²) in [5, 5.41) is 9.27. The zero-order chi connectivity index (χ0) is 27.2. The van der Waals surface area contributed by atoms with Crippen molar-refractivity contribution in [2.45, 2.75) is 65.2 Å². The van der Waals surface area contributed by atoms with Crippen molar-refractivity contribution in [3.8, 4) is 16.9 Å². The molecule has 3 rings (SSSR count). The maximum atomic E-state index is 11.6. The summed E-state index contributed by atoms with van der Waals surface area (Å²) in [7, 11) is 0. The molecule has 4 heteroatoms. The van der Waals surface area contributed by atoms with Crippen LogP contribution in [-0.2, 0) is 35.2 Å². The van der Waals surface area contributed by atoms with Gasteiger partial charge in [0.1, 0.15) is 19.0 Å². The summed E-state index contributed by atoms with van der Waals surface area (Å²) >= 11 is 0. The van der Waals surface area contributed by atoms with Gasteiger partial charge in [-0.1, -0.05) is 87.0 Å². The van der Waals surface area contributed by atoms with Crippen LogP contribution in [0.1, 0.15) is 61.8 Å². The first kappa shape index (κ1) is 29.2. The number of ether oxygens (including phenoxy) is 2. The molecule has 0 spiro atoms. The van der Waals surface area contributed by atoms with E-state index in [1.165, 1.54) is 42.4 Å². The van der Waals surface area contributed by atoms with Crippen molar-refractivity contribution >= 4 is 5.97 Å². The molecule has 38 heavy (non-hydrogen) atoms. The summed E-state index contributed by atoms with van der Waals surface area (Å²) in [4.78, 5) is 11.6. The largest absolute Gasteiger partial charge is 0.490 e. The summed E-state index contributed by atoms with van der Waals surface area (Å²) in [6.45, 7) is 8.00. The van der Waals surface area contributed by atoms with Crippen LogP contribution in [0.25, 0.3) is 11.1 Å². The summed E-state index contributed by atoms with van der Waals surface area (Å²) in [6.07, 6.45) is 8.42. The van der Waals surface area contributed by atoms with Gasteiger partial charge in [0.15, 0.2) is 0 Å². The third-order valence-corrected chi connectivity index (χ3v) is 6.68. The van der Waals surface area contributed by atoms with E-state index in [0.29, 0.717) is 12.0 Å². The summed E-state index contributed by atoms with van der Waals surface area (Å²) in [5.41, 5.74) is 7.72. The van der Waals surface area contributed by atoms with Gasteiger partial charge in [-0.2, -0.15) is 0 Å². The standard InChI is InChI=1S/C34H42O4/c1-4-5-6-8-27-10-12-28(13-11-27)14-15-29-16-18-30(19-17-29)32-21-20-31(9-7-22-35)33(25-32)37-23-24-38-34(36)26(2)3/h10-13,16-21,25,35H,2,4-9,14-15,22-24H2,1,3H3. The topological polar surface area (TPSA) is 55.8 Å². The predicted octanol–water partition coefficient (Wildman–Crippen LogP) is 7.29. The molecule has 0 fully saturated rings. The Kier molecular flexibility index (Phi) is 12.1. The van der Waals surface area contributed by atoms with Crippen molar-refractivity contribution in [2.75, 3.05) is 19.8 Å². The van der Waals surface area contributed by atoms with Gasteiger partial charge in [-0.25, -0.2) is 4.79 Å². The molecule has 1 N–H and O–H groups in total. The van der Waals surface area contributed by atoms with Gasteiger partial charge in [-0.15, -0.1) is 0 Å². The Hall–Kier alpha value is -3.37. The summed E-state index contributed by atoms with van der Waals surface area (Å²) < 4.78 is 11.1. The minimum Gasteiger partial charge on any atom is -0.490 e. The van der Waals surface area contributed by atoms with E-state index in [1.807, 2.05) is 6.07 Å². The van der Waals surface area contributed by atoms with E-state index in [2.05, 4.69) is 74.2 Å². The number of hydrogen-bond acceptors (Lipinski definition) is 4. The maximum Gasteiger partial charge on any atom is 0.333 e. The number of aryl methyl sites for hydroxylation is 4. The molecule has 3 aromatic rings. The van der Waals surface area contributed by atoms with Gasteiger partial charge in [0.2, 0.25) is 0 Å². The lowest BCUT2D eigenvalue weighted by Crippen LogP contribution is -2.13. The number of carbonyl (C=O) groups is 1. The second kappa shape index (κ2) is 15.8. The number of hydrogen-bond donors (Lipinski definition) is 1. The van der Waals surface area contributed by atoms with Gasteiger partial charge >= 0.3 is 5.97 Å². The molecule has 0 heterocycles. The van der Waals surface area contributed by atoms with Crippen molar-refractivity contribution in [1.82, 2.24) is 0 Å². The highest BCUT2D eigenvalue weighted by molar-refractivity contribution is 5.86. The van der Waals surface area contributed by atoms with Crippen LogP contribution in [0.5, 0.6) is 5.75 Å². The molecular weight excluding hydrogens is 472 g/mol. The smallest absolute Gasteiger partial charge is 0.333 e. The van der Waals surface area contributed by atoms with Gasteiger partial charge in [-0.05, 0) is 84.9 Å². The predicted molar refractivity (Wildman–Crippen MR) is 156 cm³/mol. The molecule has 0 atom stereocenters. The van der Waals surface area contributed by atoms with Gasteiger partial charge in [-0.3, -0.25) is 0 Å². The van der Waals surface area contributed by atoms with Gasteiger partial charge < -0.3 is 14.6 Å². The Morgan fingerprint density at radius 1 is 0.763 bits per heavy atom. The normalized spacial score (nSPS) is 10.8. The SMILES string of the molecule is C=C(C)C(=O)OCCOc1cc(-c2ccc(CCc3ccc(CCCCC)cc3)cc2)ccc1CCCO. The van der Waals surface area contributed by atoms with E-state index in [-0.39, 0.29) is 19.8 Å². The van der Waals surface area contributed by atoms with E-state index in [1.54, 1.807) is 6.92 Å². The second-order valence-corrected chi connectivity index (χ2v) is 9.88. The highest BCUT2D eigenvalue weighted by Crippen LogP contribution is 2.29. The van der Waals surface area contributed by atoms with E-state index >= 15 is 0 Å². The molecule has 0 aliphatic carbocycles. The monoisotopic (exact) mass is 514 g/mol. The molecule has 4 nitrogen and oxygen atoms in total. The molecule has 0 aliphatic heterocycles. The fourth-order valence-electron chi connectivity index (χ4n) is 4.36. The molecular formula is C34H42O4. The average molecular weight is 515 g/mol. The third-order valence-electron chi connectivity index (χ3n) is 6.68. The van der Waals surface area contributed by atoms with Crippen LogP contribution in [0, 0.1) is 0 Å². The van der Waals surface area contributed by atoms with Crippen LogP contribution in [0.2, 0.25) is 0 Å². The zero-order valence-electron chi connectivity index (χ0n) is 23.0. The van der Waals surface area contributed by atoms with Crippen molar-refractivity contribution in [3.05, 3.63) is 101 Å². The summed E-state index contributed by atoms with van der Waals surface area (Å²) in [5.74, 6) is 0.340. The molecule has 0 amide bonds. The minimum absolute atomic E-state index is 0.127. The first-order valence-electron chi connectivity index (χ1n) is 13.9. The zero-order valence-corrected chi connectivity index (χ0v) is 23.0. The Morgan fingerprint density at radius 2 is 1.37 bits per heavy atom. The lowest BCUT2D eigenvalue weighted by atomic mass is 9.98. The lowest BCUT2D eigenvalue weighted by Gasteiger charge is -2.14. The number of unbranched alkanes of at least 4 members (excludes halogenated alkanes) is 2. The minimum atomic E-state index is -0.414. The number of aliphatic hydroxyl groups is 1. The van der Waals surface area contributed by atoms with Crippen LogP contribution < -0.4 is 4.74 Å². The van der Waals surface area contributed by atoms with Crippen molar-refractivity contribution < 1.29 is 19.4 Å². The Labute approximate surface area is 228 Å². The molecule has 3 aromatic carbocycles. The Morgan fingerprint density at radius 3 is 1.97 bits per heavy atom. The first-order chi connectivity index (χ1) is 18.5. The maximum absolute atomic E-state index is 11.6. The third kappa shape index (κ3) is 9.50. The molecule has 0 saturated heterocycles. The number of esters is 1. The van der Waals surface area contributed by atoms with Gasteiger partial charge in [0, 0.05) is 12.2 Å². The Bertz CT molecular complexity index is 1150. The van der Waals surface area contributed by atoms with Gasteiger partial charge in [0.25, 0.3) is 0 Å². The van der Waals surface area contributed by atoms with E-state index < -0.39 is 5.97 Å². The summed E-state index contributed by atoms with van der Waals surface area (Å²) in [6, 6.07) is 24.0. The van der Waals surface area contributed by atoms with Crippen LogP contribution >= 0.6 is 0 Å². The number of aliphatic hydroxyl groups excluding tert-OH is 1. The van der Waals surface area contributed by atoms with Crippen LogP contribution in [0.15, 0.2) is 78.9 Å². The van der Waals surface area contributed by atoms with E-state index in [0.717, 1.165) is 41.7 Å². The number of carbonyl (C=O) groups excluding carboxylic acids is 1. The van der Waals surface area contributed by atoms with E-state index in [9.17, 15) is 9.90 Å². The molecule has 0 unspecified atom stereocenters. The second-order valence-electron chi connectivity index (χ2n) is 9.88. The van der Waals surface area contributed by atoms with Crippen molar-refractivity contribution in [1.29, 1.82) is 0 Å². The average Bonchev–Trinajstić information content (AvgIpc) is 2.94. The number of rotatable bonds is 16. The fourth-order valence-corrected chi connectivity index (χ4v) is 4.36. The van der Waals surface area contributed by atoms with E-state index in [4.69, 9.17) is 9.47 Å². The van der Waals surface area contributed by atoms with Crippen LogP contribution in [-0.4, -0.2) is 30.9 Å². The molecule has 0 bridgehead atoms. The van der Waals surface area contributed by atoms with Crippen LogP contribution in [0.3, 0.4) is 0 Å². The van der Waals surface area contributed by atoms with Crippen molar-refractivity contribution in [3.63, 3.8) is 0 Å². The molecule has 0 radical (unpaired) electrons. The quantitative estimate of drug-likeness (QED) is 0.124.